The van der Waals surface area contributed by atoms with Gasteiger partial charge in [0, 0.05) is 20.1 Å². The summed E-state index contributed by atoms with van der Waals surface area (Å²) in [5.74, 6) is -0.441. The Morgan fingerprint density at radius 2 is 2.00 bits per heavy atom. The lowest BCUT2D eigenvalue weighted by Crippen LogP contribution is -2.25. The topological polar surface area (TPSA) is 69.5 Å². The van der Waals surface area contributed by atoms with Crippen LogP contribution >= 0.6 is 0 Å². The van der Waals surface area contributed by atoms with E-state index in [1.807, 2.05) is 0 Å². The van der Waals surface area contributed by atoms with Crippen molar-refractivity contribution in [1.82, 2.24) is 19.9 Å². The Morgan fingerprint density at radius 3 is 2.65 bits per heavy atom. The Labute approximate surface area is 118 Å². The second kappa shape index (κ2) is 7.35. The average Bonchev–Trinajstić information content (AvgIpc) is 3.11. The van der Waals surface area contributed by atoms with Crippen LogP contribution in [0.1, 0.15) is 29.0 Å². The van der Waals surface area contributed by atoms with Gasteiger partial charge >= 0.3 is 5.97 Å². The third kappa shape index (κ3) is 3.55. The Kier molecular flexibility index (Phi) is 5.49. The molecule has 1 aromatic rings. The van der Waals surface area contributed by atoms with Gasteiger partial charge in [-0.3, -0.25) is 0 Å². The molecule has 0 unspecified atom stereocenters. The van der Waals surface area contributed by atoms with Gasteiger partial charge < -0.3 is 14.4 Å². The minimum Gasteiger partial charge on any atom is -0.464 e. The van der Waals surface area contributed by atoms with Crippen molar-refractivity contribution < 1.29 is 14.3 Å². The minimum absolute atomic E-state index is 0.297. The number of carbonyl (C=O) groups excluding carboxylic acids is 1. The molecule has 2 rings (SSSR count). The van der Waals surface area contributed by atoms with E-state index in [9.17, 15) is 4.79 Å². The van der Waals surface area contributed by atoms with E-state index >= 15 is 0 Å². The Morgan fingerprint density at radius 1 is 1.25 bits per heavy atom. The van der Waals surface area contributed by atoms with Crippen LogP contribution in [0.25, 0.3) is 0 Å². The fourth-order valence-electron chi connectivity index (χ4n) is 2.46. The Hall–Kier alpha value is -1.47. The molecule has 1 saturated heterocycles. The van der Waals surface area contributed by atoms with E-state index in [0.717, 1.165) is 31.9 Å². The molecule has 1 aliphatic heterocycles. The van der Waals surface area contributed by atoms with Gasteiger partial charge in [-0.2, -0.15) is 0 Å². The normalized spacial score (nSPS) is 15.7. The highest BCUT2D eigenvalue weighted by Gasteiger charge is 2.20. The van der Waals surface area contributed by atoms with E-state index in [2.05, 4.69) is 15.2 Å². The van der Waals surface area contributed by atoms with Crippen LogP contribution < -0.4 is 0 Å². The second-order valence-corrected chi connectivity index (χ2v) is 4.89. The molecule has 0 bridgehead atoms. The summed E-state index contributed by atoms with van der Waals surface area (Å²) in [5.41, 5.74) is 1.09. The lowest BCUT2D eigenvalue weighted by molar-refractivity contribution is 0.0592. The van der Waals surface area contributed by atoms with Gasteiger partial charge in [-0.1, -0.05) is 5.21 Å². The number of likely N-dealkylation sites (tertiary alicyclic amines) is 1. The molecule has 0 radical (unpaired) electrons. The maximum atomic E-state index is 11.7. The number of hydrogen-bond acceptors (Lipinski definition) is 6. The molecule has 20 heavy (non-hydrogen) atoms. The maximum Gasteiger partial charge on any atom is 0.360 e. The molecule has 0 amide bonds. The number of esters is 1. The van der Waals surface area contributed by atoms with Gasteiger partial charge in [0.1, 0.15) is 0 Å². The Balaban J connectivity index is 2.05. The number of hydrogen-bond donors (Lipinski definition) is 0. The monoisotopic (exact) mass is 282 g/mol. The predicted octanol–water partition coefficient (Wildman–Crippen LogP) is 0.349. The first-order valence-electron chi connectivity index (χ1n) is 6.98. The molecule has 7 nitrogen and oxygen atoms in total. The number of rotatable bonds is 7. The number of aromatic nitrogens is 3. The third-order valence-corrected chi connectivity index (χ3v) is 3.59. The lowest BCUT2D eigenvalue weighted by Gasteiger charge is -2.15. The second-order valence-electron chi connectivity index (χ2n) is 4.89. The van der Waals surface area contributed by atoms with Gasteiger partial charge in [-0.05, 0) is 25.9 Å². The first kappa shape index (κ1) is 14.9. The van der Waals surface area contributed by atoms with Gasteiger partial charge in [0.05, 0.1) is 26.0 Å². The molecule has 0 aromatic carbocycles. The van der Waals surface area contributed by atoms with Crippen molar-refractivity contribution in [2.24, 2.45) is 0 Å². The molecule has 7 heteroatoms. The molecule has 1 aromatic heterocycles. The van der Waals surface area contributed by atoms with Crippen molar-refractivity contribution in [2.45, 2.75) is 25.8 Å². The summed E-state index contributed by atoms with van der Waals surface area (Å²) in [6.45, 7) is 4.49. The lowest BCUT2D eigenvalue weighted by atomic mass is 10.2. The standard InChI is InChI=1S/C13H22N4O3/c1-19-10-5-11-12(13(18)20-2)14-15-17(11)9-8-16-6-3-4-7-16/h3-10H2,1-2H3. The van der Waals surface area contributed by atoms with Gasteiger partial charge in [0.2, 0.25) is 0 Å². The van der Waals surface area contributed by atoms with Crippen molar-refractivity contribution in [3.05, 3.63) is 11.4 Å². The van der Waals surface area contributed by atoms with E-state index in [1.165, 1.54) is 20.0 Å². The van der Waals surface area contributed by atoms with Gasteiger partial charge in [0.15, 0.2) is 5.69 Å². The highest BCUT2D eigenvalue weighted by molar-refractivity contribution is 5.88. The molecular weight excluding hydrogens is 260 g/mol. The molecule has 0 aliphatic carbocycles. The quantitative estimate of drug-likeness (QED) is 0.672. The van der Waals surface area contributed by atoms with Crippen LogP contribution in [-0.4, -0.2) is 66.3 Å². The SMILES string of the molecule is COCCc1c(C(=O)OC)nnn1CCN1CCCC1. The minimum atomic E-state index is -0.441. The summed E-state index contributed by atoms with van der Waals surface area (Å²) >= 11 is 0. The smallest absolute Gasteiger partial charge is 0.360 e. The molecule has 1 aliphatic rings. The predicted molar refractivity (Wildman–Crippen MR) is 72.6 cm³/mol. The molecule has 0 saturated carbocycles. The highest BCUT2D eigenvalue weighted by atomic mass is 16.5. The van der Waals surface area contributed by atoms with Gasteiger partial charge in [-0.25, -0.2) is 9.48 Å². The first-order chi connectivity index (χ1) is 9.76. The average molecular weight is 282 g/mol. The summed E-state index contributed by atoms with van der Waals surface area (Å²) in [6, 6.07) is 0. The number of ether oxygens (including phenoxy) is 2. The maximum absolute atomic E-state index is 11.7. The van der Waals surface area contributed by atoms with Crippen LogP contribution in [0.3, 0.4) is 0 Å². The molecule has 0 N–H and O–H groups in total. The molecule has 1 fully saturated rings. The molecule has 2 heterocycles. The van der Waals surface area contributed by atoms with Crippen LogP contribution in [-0.2, 0) is 22.4 Å². The van der Waals surface area contributed by atoms with E-state index in [1.54, 1.807) is 11.8 Å². The first-order valence-corrected chi connectivity index (χ1v) is 6.98. The molecule has 0 atom stereocenters. The van der Waals surface area contributed by atoms with Crippen LogP contribution in [0.5, 0.6) is 0 Å². The molecular formula is C13H22N4O3. The van der Waals surface area contributed by atoms with Gasteiger partial charge in [0.25, 0.3) is 0 Å². The zero-order valence-electron chi connectivity index (χ0n) is 12.2. The zero-order chi connectivity index (χ0) is 14.4. The number of carbonyl (C=O) groups is 1. The van der Waals surface area contributed by atoms with Crippen LogP contribution in [0, 0.1) is 0 Å². The molecule has 0 spiro atoms. The highest BCUT2D eigenvalue weighted by Crippen LogP contribution is 2.11. The van der Waals surface area contributed by atoms with Crippen molar-refractivity contribution in [1.29, 1.82) is 0 Å². The summed E-state index contributed by atoms with van der Waals surface area (Å²) in [4.78, 5) is 14.1. The summed E-state index contributed by atoms with van der Waals surface area (Å²) in [6.07, 6.45) is 3.14. The van der Waals surface area contributed by atoms with E-state index in [-0.39, 0.29) is 0 Å². The fourth-order valence-corrected chi connectivity index (χ4v) is 2.46. The van der Waals surface area contributed by atoms with E-state index in [4.69, 9.17) is 9.47 Å². The number of methoxy groups -OCH3 is 2. The van der Waals surface area contributed by atoms with Gasteiger partial charge in [-0.15, -0.1) is 5.10 Å². The summed E-state index contributed by atoms with van der Waals surface area (Å²) < 4.78 is 11.6. The fraction of sp³-hybridized carbons (Fsp3) is 0.769. The van der Waals surface area contributed by atoms with Crippen molar-refractivity contribution in [3.8, 4) is 0 Å². The number of nitrogens with zero attached hydrogens (tertiary/aromatic N) is 4. The Bertz CT molecular complexity index is 441. The van der Waals surface area contributed by atoms with E-state index < -0.39 is 5.97 Å². The van der Waals surface area contributed by atoms with E-state index in [0.29, 0.717) is 18.7 Å². The molecule has 112 valence electrons. The zero-order valence-corrected chi connectivity index (χ0v) is 12.2. The largest absolute Gasteiger partial charge is 0.464 e. The van der Waals surface area contributed by atoms with Crippen LogP contribution in [0.2, 0.25) is 0 Å². The third-order valence-electron chi connectivity index (χ3n) is 3.59. The summed E-state index contributed by atoms with van der Waals surface area (Å²) in [7, 11) is 2.99. The van der Waals surface area contributed by atoms with Crippen LogP contribution in [0.15, 0.2) is 0 Å². The van der Waals surface area contributed by atoms with Crippen molar-refractivity contribution in [2.75, 3.05) is 40.5 Å². The van der Waals surface area contributed by atoms with Crippen molar-refractivity contribution in [3.63, 3.8) is 0 Å². The van der Waals surface area contributed by atoms with Crippen LogP contribution in [0.4, 0.5) is 0 Å². The van der Waals surface area contributed by atoms with Crippen molar-refractivity contribution >= 4 is 5.97 Å². The summed E-state index contributed by atoms with van der Waals surface area (Å²) in [5, 5.41) is 8.03.